The van der Waals surface area contributed by atoms with Gasteiger partial charge in [0, 0.05) is 5.56 Å². The van der Waals surface area contributed by atoms with Crippen LogP contribution in [0, 0.1) is 18.2 Å². The minimum absolute atomic E-state index is 0.185. The highest BCUT2D eigenvalue weighted by atomic mass is 79.9. The van der Waals surface area contributed by atoms with Crippen LogP contribution in [-0.2, 0) is 11.2 Å². The average Bonchev–Trinajstić information content (AvgIpc) is 2.25. The molecule has 1 aromatic rings. The number of methoxy groups -OCH3 is 1. The zero-order chi connectivity index (χ0) is 14.1. The molecule has 0 atom stereocenters. The molecule has 0 amide bonds. The molecule has 0 unspecified atom stereocenters. The summed E-state index contributed by atoms with van der Waals surface area (Å²) in [5.74, 6) is -0.819. The van der Waals surface area contributed by atoms with Crippen molar-refractivity contribution in [3.63, 3.8) is 0 Å². The van der Waals surface area contributed by atoms with E-state index in [0.29, 0.717) is 16.9 Å². The first kappa shape index (κ1) is 15.0. The molecule has 0 aliphatic rings. The Morgan fingerprint density at radius 1 is 1.56 bits per heavy atom. The molecule has 100 valence electrons. The normalized spacial score (nSPS) is 11.4. The summed E-state index contributed by atoms with van der Waals surface area (Å²) in [6.45, 7) is 4.93. The van der Waals surface area contributed by atoms with E-state index in [1.165, 1.54) is 13.2 Å². The van der Waals surface area contributed by atoms with Crippen LogP contribution in [0.3, 0.4) is 0 Å². The number of hydrogen-bond donors (Lipinski definition) is 1. The highest BCUT2D eigenvalue weighted by Gasteiger charge is 2.31. The number of aliphatic carboxylic acids is 1. The first-order valence-electron chi connectivity index (χ1n) is 5.45. The maximum absolute atomic E-state index is 13.7. The minimum Gasteiger partial charge on any atom is -0.496 e. The third-order valence-corrected chi connectivity index (χ3v) is 3.71. The summed E-state index contributed by atoms with van der Waals surface area (Å²) >= 11 is 3.16. The standard InChI is InChI=1S/C13H16BrFO3/c1-7-5-9(15)10(14)8(11(7)18-4)6-13(2,3)12(16)17/h5H,6H2,1-4H3,(H,16,17). The number of halogens is 2. The van der Waals surface area contributed by atoms with E-state index in [4.69, 9.17) is 9.84 Å². The van der Waals surface area contributed by atoms with Gasteiger partial charge in [0.2, 0.25) is 0 Å². The van der Waals surface area contributed by atoms with Gasteiger partial charge in [-0.05, 0) is 54.8 Å². The van der Waals surface area contributed by atoms with Crippen molar-refractivity contribution in [1.29, 1.82) is 0 Å². The lowest BCUT2D eigenvalue weighted by Crippen LogP contribution is -2.26. The Morgan fingerprint density at radius 2 is 2.11 bits per heavy atom. The topological polar surface area (TPSA) is 46.5 Å². The van der Waals surface area contributed by atoms with Crippen molar-refractivity contribution >= 4 is 21.9 Å². The van der Waals surface area contributed by atoms with Crippen LogP contribution in [0.15, 0.2) is 10.5 Å². The molecule has 1 N–H and O–H groups in total. The van der Waals surface area contributed by atoms with Crippen molar-refractivity contribution in [3.05, 3.63) is 27.5 Å². The second-order valence-electron chi connectivity index (χ2n) is 4.87. The summed E-state index contributed by atoms with van der Waals surface area (Å²) < 4.78 is 19.2. The van der Waals surface area contributed by atoms with Crippen LogP contribution >= 0.6 is 15.9 Å². The number of hydrogen-bond acceptors (Lipinski definition) is 2. The van der Waals surface area contributed by atoms with Gasteiger partial charge >= 0.3 is 5.97 Å². The molecule has 0 aliphatic carbocycles. The Morgan fingerprint density at radius 3 is 2.56 bits per heavy atom. The molecule has 1 rings (SSSR count). The largest absolute Gasteiger partial charge is 0.496 e. The van der Waals surface area contributed by atoms with Gasteiger partial charge in [-0.15, -0.1) is 0 Å². The lowest BCUT2D eigenvalue weighted by molar-refractivity contribution is -0.146. The van der Waals surface area contributed by atoms with Crippen molar-refractivity contribution in [3.8, 4) is 5.75 Å². The van der Waals surface area contributed by atoms with Crippen molar-refractivity contribution in [2.75, 3.05) is 7.11 Å². The third kappa shape index (κ3) is 2.83. The molecule has 0 aliphatic heterocycles. The van der Waals surface area contributed by atoms with Crippen molar-refractivity contribution in [2.45, 2.75) is 27.2 Å². The molecule has 18 heavy (non-hydrogen) atoms. The summed E-state index contributed by atoms with van der Waals surface area (Å²) in [6, 6.07) is 1.36. The van der Waals surface area contributed by atoms with Gasteiger partial charge in [-0.2, -0.15) is 0 Å². The second-order valence-corrected chi connectivity index (χ2v) is 5.66. The fourth-order valence-corrected chi connectivity index (χ4v) is 2.20. The van der Waals surface area contributed by atoms with E-state index in [9.17, 15) is 9.18 Å². The quantitative estimate of drug-likeness (QED) is 0.923. The van der Waals surface area contributed by atoms with E-state index in [2.05, 4.69) is 15.9 Å². The fraction of sp³-hybridized carbons (Fsp3) is 0.462. The third-order valence-electron chi connectivity index (χ3n) is 2.85. The van der Waals surface area contributed by atoms with Gasteiger partial charge in [-0.1, -0.05) is 0 Å². The molecule has 1 aromatic carbocycles. The zero-order valence-corrected chi connectivity index (χ0v) is 12.4. The Hall–Kier alpha value is -1.10. The van der Waals surface area contributed by atoms with Crippen LogP contribution in [0.25, 0.3) is 0 Å². The van der Waals surface area contributed by atoms with Gasteiger partial charge in [0.05, 0.1) is 17.0 Å². The van der Waals surface area contributed by atoms with Crippen molar-refractivity contribution < 1.29 is 19.0 Å². The van der Waals surface area contributed by atoms with Crippen LogP contribution < -0.4 is 4.74 Å². The molecule has 0 radical (unpaired) electrons. The van der Waals surface area contributed by atoms with E-state index in [1.807, 2.05) is 0 Å². The van der Waals surface area contributed by atoms with Crippen LogP contribution in [-0.4, -0.2) is 18.2 Å². The molecular weight excluding hydrogens is 303 g/mol. The van der Waals surface area contributed by atoms with E-state index >= 15 is 0 Å². The zero-order valence-electron chi connectivity index (χ0n) is 10.8. The summed E-state index contributed by atoms with van der Waals surface area (Å²) in [6.07, 6.45) is 0.185. The molecule has 0 bridgehead atoms. The minimum atomic E-state index is -0.990. The van der Waals surface area contributed by atoms with E-state index in [0.717, 1.165) is 0 Å². The number of aryl methyl sites for hydroxylation is 1. The summed E-state index contributed by atoms with van der Waals surface area (Å²) in [4.78, 5) is 11.2. The highest BCUT2D eigenvalue weighted by Crippen LogP contribution is 2.37. The number of carboxylic acid groups (broad SMARTS) is 1. The molecule has 3 nitrogen and oxygen atoms in total. The van der Waals surface area contributed by atoms with Gasteiger partial charge in [-0.25, -0.2) is 4.39 Å². The van der Waals surface area contributed by atoms with Gasteiger partial charge in [0.25, 0.3) is 0 Å². The number of carboxylic acids is 1. The predicted molar refractivity (Wildman–Crippen MR) is 70.5 cm³/mol. The SMILES string of the molecule is COc1c(C)cc(F)c(Br)c1CC(C)(C)C(=O)O. The summed E-state index contributed by atoms with van der Waals surface area (Å²) in [5.41, 5.74) is 0.201. The number of rotatable bonds is 4. The van der Waals surface area contributed by atoms with E-state index in [-0.39, 0.29) is 10.9 Å². The number of ether oxygens (including phenoxy) is 1. The smallest absolute Gasteiger partial charge is 0.309 e. The van der Waals surface area contributed by atoms with Crippen LogP contribution in [0.2, 0.25) is 0 Å². The number of carbonyl (C=O) groups is 1. The van der Waals surface area contributed by atoms with Gasteiger partial charge in [0.15, 0.2) is 0 Å². The van der Waals surface area contributed by atoms with Crippen LogP contribution in [0.1, 0.15) is 25.0 Å². The van der Waals surface area contributed by atoms with E-state index < -0.39 is 17.2 Å². The first-order chi connectivity index (χ1) is 8.20. The maximum atomic E-state index is 13.7. The van der Waals surface area contributed by atoms with Gasteiger partial charge in [-0.3, -0.25) is 4.79 Å². The second kappa shape index (κ2) is 5.26. The van der Waals surface area contributed by atoms with E-state index in [1.54, 1.807) is 20.8 Å². The monoisotopic (exact) mass is 318 g/mol. The lowest BCUT2D eigenvalue weighted by Gasteiger charge is -2.22. The molecule has 0 spiro atoms. The maximum Gasteiger partial charge on any atom is 0.309 e. The number of benzene rings is 1. The van der Waals surface area contributed by atoms with Crippen LogP contribution in [0.5, 0.6) is 5.75 Å². The average molecular weight is 319 g/mol. The Kier molecular flexibility index (Phi) is 4.37. The summed E-state index contributed by atoms with van der Waals surface area (Å²) in [5, 5.41) is 9.15. The Bertz CT molecular complexity index is 484. The van der Waals surface area contributed by atoms with Crippen molar-refractivity contribution in [2.24, 2.45) is 5.41 Å². The molecule has 0 saturated heterocycles. The lowest BCUT2D eigenvalue weighted by atomic mass is 9.85. The highest BCUT2D eigenvalue weighted by molar-refractivity contribution is 9.10. The molecule has 0 heterocycles. The van der Waals surface area contributed by atoms with Crippen LogP contribution in [0.4, 0.5) is 4.39 Å². The Labute approximate surface area is 114 Å². The van der Waals surface area contributed by atoms with Gasteiger partial charge in [0.1, 0.15) is 11.6 Å². The summed E-state index contributed by atoms with van der Waals surface area (Å²) in [7, 11) is 1.49. The molecule has 0 saturated carbocycles. The molecule has 0 aromatic heterocycles. The molecular formula is C13H16BrFO3. The Balaban J connectivity index is 3.35. The predicted octanol–water partition coefficient (Wildman–Crippen LogP) is 3.56. The van der Waals surface area contributed by atoms with Crippen molar-refractivity contribution in [1.82, 2.24) is 0 Å². The van der Waals surface area contributed by atoms with Gasteiger partial charge < -0.3 is 9.84 Å². The first-order valence-corrected chi connectivity index (χ1v) is 6.25. The molecule has 5 heteroatoms. The fourth-order valence-electron chi connectivity index (χ4n) is 1.76. The molecule has 0 fully saturated rings.